The molecule has 0 saturated heterocycles. The van der Waals surface area contributed by atoms with Gasteiger partial charge in [0.1, 0.15) is 6.54 Å². The number of thiophene rings is 1. The summed E-state index contributed by atoms with van der Waals surface area (Å²) in [7, 11) is 1.63. The molecule has 2 aromatic rings. The summed E-state index contributed by atoms with van der Waals surface area (Å²) in [5.74, 6) is -0.0445. The number of likely N-dealkylation sites (N-methyl/N-ethyl adjacent to an activating group) is 1. The van der Waals surface area contributed by atoms with Crippen molar-refractivity contribution < 1.29 is 4.79 Å². The highest BCUT2D eigenvalue weighted by molar-refractivity contribution is 14.1. The Morgan fingerprint density at radius 3 is 3.29 bits per heavy atom. The van der Waals surface area contributed by atoms with Gasteiger partial charge in [0.15, 0.2) is 0 Å². The van der Waals surface area contributed by atoms with E-state index in [-0.39, 0.29) is 12.5 Å². The van der Waals surface area contributed by atoms with Crippen molar-refractivity contribution >= 4 is 45.5 Å². The Morgan fingerprint density at radius 2 is 2.48 bits per heavy atom. The zero-order valence-corrected chi connectivity index (χ0v) is 14.7. The van der Waals surface area contributed by atoms with E-state index >= 15 is 0 Å². The summed E-state index contributed by atoms with van der Waals surface area (Å²) < 4.78 is 3.00. The first-order valence-electron chi connectivity index (χ1n) is 6.93. The molecular formula is C14H17IN4OS. The Morgan fingerprint density at radius 1 is 1.62 bits per heavy atom. The van der Waals surface area contributed by atoms with Crippen LogP contribution >= 0.6 is 33.9 Å². The minimum absolute atomic E-state index is 0.0445. The lowest BCUT2D eigenvalue weighted by Gasteiger charge is -2.23. The van der Waals surface area contributed by atoms with E-state index in [0.29, 0.717) is 6.04 Å². The standard InChI is InChI=1S/C14H17IN4OS/c1-16-14(20)8-19-7-9(6-17-19)18-11-3-2-4-12-10(11)5-13(15)21-12/h5-7,11,18H,2-4,8H2,1H3,(H,16,20). The SMILES string of the molecule is CNC(=O)Cn1cc(NC2CCCc3sc(I)cc32)cn1. The maximum Gasteiger partial charge on any atom is 0.241 e. The van der Waals surface area contributed by atoms with Crippen LogP contribution in [-0.4, -0.2) is 22.7 Å². The van der Waals surface area contributed by atoms with Crippen molar-refractivity contribution in [3.63, 3.8) is 0 Å². The quantitative estimate of drug-likeness (QED) is 0.754. The van der Waals surface area contributed by atoms with Gasteiger partial charge in [-0.05, 0) is 53.5 Å². The first-order chi connectivity index (χ1) is 10.2. The third-order valence-electron chi connectivity index (χ3n) is 3.64. The lowest BCUT2D eigenvalue weighted by molar-refractivity contribution is -0.121. The third-order valence-corrected chi connectivity index (χ3v) is 5.61. The Kier molecular flexibility index (Phi) is 4.48. The summed E-state index contributed by atoms with van der Waals surface area (Å²) in [6.07, 6.45) is 7.22. The van der Waals surface area contributed by atoms with Gasteiger partial charge in [0.05, 0.1) is 20.8 Å². The topological polar surface area (TPSA) is 59.0 Å². The van der Waals surface area contributed by atoms with E-state index in [9.17, 15) is 4.79 Å². The number of carbonyl (C=O) groups is 1. The fourth-order valence-corrected chi connectivity index (χ4v) is 4.74. The van der Waals surface area contributed by atoms with Crippen molar-refractivity contribution in [1.29, 1.82) is 0 Å². The molecule has 5 nitrogen and oxygen atoms in total. The van der Waals surface area contributed by atoms with Crippen molar-refractivity contribution in [1.82, 2.24) is 15.1 Å². The van der Waals surface area contributed by atoms with E-state index in [1.165, 1.54) is 26.2 Å². The van der Waals surface area contributed by atoms with Crippen LogP contribution < -0.4 is 10.6 Å². The molecule has 7 heteroatoms. The number of amides is 1. The molecule has 0 fully saturated rings. The predicted molar refractivity (Wildman–Crippen MR) is 92.6 cm³/mol. The Labute approximate surface area is 141 Å². The second-order valence-corrected chi connectivity index (χ2v) is 8.15. The molecule has 1 aliphatic carbocycles. The lowest BCUT2D eigenvalue weighted by Crippen LogP contribution is -2.23. The van der Waals surface area contributed by atoms with Crippen LogP contribution in [-0.2, 0) is 17.8 Å². The molecule has 2 N–H and O–H groups in total. The van der Waals surface area contributed by atoms with E-state index in [1.54, 1.807) is 17.9 Å². The maximum atomic E-state index is 11.4. The normalized spacial score (nSPS) is 17.3. The molecule has 0 aliphatic heterocycles. The van der Waals surface area contributed by atoms with Crippen LogP contribution in [0.5, 0.6) is 0 Å². The van der Waals surface area contributed by atoms with E-state index in [4.69, 9.17) is 0 Å². The van der Waals surface area contributed by atoms with Crippen LogP contribution in [0.1, 0.15) is 29.3 Å². The van der Waals surface area contributed by atoms with Crippen LogP contribution in [0.4, 0.5) is 5.69 Å². The number of aryl methyl sites for hydroxylation is 1. The minimum Gasteiger partial charge on any atom is -0.376 e. The molecule has 2 aromatic heterocycles. The Bertz CT molecular complexity index is 651. The van der Waals surface area contributed by atoms with Gasteiger partial charge in [-0.3, -0.25) is 9.48 Å². The summed E-state index contributed by atoms with van der Waals surface area (Å²) in [6, 6.07) is 2.64. The highest BCUT2D eigenvalue weighted by atomic mass is 127. The lowest BCUT2D eigenvalue weighted by atomic mass is 9.94. The predicted octanol–water partition coefficient (Wildman–Crippen LogP) is 2.78. The molecule has 0 bridgehead atoms. The number of carbonyl (C=O) groups excluding carboxylic acids is 1. The number of fused-ring (bicyclic) bond motifs is 1. The van der Waals surface area contributed by atoms with Crippen molar-refractivity contribution in [3.05, 3.63) is 31.8 Å². The average Bonchev–Trinajstić information content (AvgIpc) is 3.05. The Hall–Kier alpha value is -1.09. The van der Waals surface area contributed by atoms with Gasteiger partial charge in [-0.15, -0.1) is 11.3 Å². The monoisotopic (exact) mass is 416 g/mol. The Balaban J connectivity index is 1.71. The fraction of sp³-hybridized carbons (Fsp3) is 0.429. The molecule has 0 aromatic carbocycles. The number of halogens is 1. The number of hydrogen-bond donors (Lipinski definition) is 2. The van der Waals surface area contributed by atoms with Gasteiger partial charge in [0.2, 0.25) is 5.91 Å². The summed E-state index contributed by atoms with van der Waals surface area (Å²) in [5.41, 5.74) is 2.40. The van der Waals surface area contributed by atoms with Crippen molar-refractivity contribution in [2.24, 2.45) is 0 Å². The molecule has 0 radical (unpaired) electrons. The van der Waals surface area contributed by atoms with Crippen LogP contribution in [0.15, 0.2) is 18.5 Å². The molecule has 0 saturated carbocycles. The second kappa shape index (κ2) is 6.35. The number of rotatable bonds is 4. The van der Waals surface area contributed by atoms with Crippen LogP contribution in [0.2, 0.25) is 0 Å². The van der Waals surface area contributed by atoms with Crippen LogP contribution in [0.3, 0.4) is 0 Å². The molecule has 21 heavy (non-hydrogen) atoms. The number of nitrogens with zero attached hydrogens (tertiary/aromatic N) is 2. The first kappa shape index (κ1) is 14.8. The van der Waals surface area contributed by atoms with Crippen LogP contribution in [0.25, 0.3) is 0 Å². The highest BCUT2D eigenvalue weighted by Gasteiger charge is 2.22. The van der Waals surface area contributed by atoms with Gasteiger partial charge in [0.25, 0.3) is 0 Å². The molecule has 2 heterocycles. The summed E-state index contributed by atoms with van der Waals surface area (Å²) in [4.78, 5) is 12.9. The summed E-state index contributed by atoms with van der Waals surface area (Å²) in [5, 5.41) is 10.4. The molecule has 1 unspecified atom stereocenters. The largest absolute Gasteiger partial charge is 0.376 e. The van der Waals surface area contributed by atoms with Gasteiger partial charge in [-0.2, -0.15) is 5.10 Å². The molecule has 0 spiro atoms. The van der Waals surface area contributed by atoms with E-state index in [0.717, 1.165) is 12.1 Å². The number of hydrogen-bond acceptors (Lipinski definition) is 4. The van der Waals surface area contributed by atoms with Gasteiger partial charge < -0.3 is 10.6 Å². The van der Waals surface area contributed by atoms with Gasteiger partial charge in [0, 0.05) is 18.1 Å². The zero-order chi connectivity index (χ0) is 14.8. The van der Waals surface area contributed by atoms with E-state index < -0.39 is 0 Å². The average molecular weight is 416 g/mol. The number of aromatic nitrogens is 2. The van der Waals surface area contributed by atoms with Gasteiger partial charge in [-0.25, -0.2) is 0 Å². The second-order valence-electron chi connectivity index (χ2n) is 5.12. The first-order valence-corrected chi connectivity index (χ1v) is 8.83. The molecule has 112 valence electrons. The van der Waals surface area contributed by atoms with Gasteiger partial charge >= 0.3 is 0 Å². The number of anilines is 1. The minimum atomic E-state index is -0.0445. The molecular weight excluding hydrogens is 399 g/mol. The molecule has 1 aliphatic rings. The molecule has 1 atom stereocenters. The molecule has 1 amide bonds. The van der Waals surface area contributed by atoms with Crippen molar-refractivity contribution in [3.8, 4) is 0 Å². The van der Waals surface area contributed by atoms with E-state index in [1.807, 2.05) is 17.5 Å². The smallest absolute Gasteiger partial charge is 0.241 e. The van der Waals surface area contributed by atoms with Crippen LogP contribution in [0, 0.1) is 2.88 Å². The highest BCUT2D eigenvalue weighted by Crippen LogP contribution is 2.37. The van der Waals surface area contributed by atoms with Crippen molar-refractivity contribution in [2.45, 2.75) is 31.8 Å². The molecule has 3 rings (SSSR count). The van der Waals surface area contributed by atoms with Gasteiger partial charge in [-0.1, -0.05) is 0 Å². The van der Waals surface area contributed by atoms with E-state index in [2.05, 4.69) is 44.4 Å². The number of nitrogens with one attached hydrogen (secondary N) is 2. The van der Waals surface area contributed by atoms with Crippen molar-refractivity contribution in [2.75, 3.05) is 12.4 Å². The fourth-order valence-electron chi connectivity index (χ4n) is 2.62. The summed E-state index contributed by atoms with van der Waals surface area (Å²) in [6.45, 7) is 0.254. The third kappa shape index (κ3) is 3.39. The summed E-state index contributed by atoms with van der Waals surface area (Å²) >= 11 is 4.29. The zero-order valence-electron chi connectivity index (χ0n) is 11.7. The maximum absolute atomic E-state index is 11.4.